The van der Waals surface area contributed by atoms with Gasteiger partial charge in [0.2, 0.25) is 5.16 Å². The highest BCUT2D eigenvalue weighted by molar-refractivity contribution is 7.98. The van der Waals surface area contributed by atoms with Crippen molar-refractivity contribution in [3.63, 3.8) is 0 Å². The number of nitrogens with two attached hydrogens (primary N) is 1. The Kier molecular flexibility index (Phi) is 3.76. The van der Waals surface area contributed by atoms with Crippen LogP contribution in [0.25, 0.3) is 5.78 Å². The van der Waals surface area contributed by atoms with Gasteiger partial charge in [0, 0.05) is 17.5 Å². The van der Waals surface area contributed by atoms with E-state index in [1.54, 1.807) is 16.3 Å². The number of hydrazine groups is 1. The van der Waals surface area contributed by atoms with E-state index < -0.39 is 0 Å². The minimum atomic E-state index is 0.550. The van der Waals surface area contributed by atoms with E-state index in [0.717, 1.165) is 11.4 Å². The number of aromatic nitrogens is 4. The third kappa shape index (κ3) is 2.98. The largest absolute Gasteiger partial charge is 0.308 e. The van der Waals surface area contributed by atoms with E-state index in [1.807, 2.05) is 13.0 Å². The van der Waals surface area contributed by atoms with Crippen molar-refractivity contribution in [3.8, 4) is 0 Å². The van der Waals surface area contributed by atoms with Gasteiger partial charge in [0.25, 0.3) is 5.78 Å². The first-order valence-electron chi connectivity index (χ1n) is 6.55. The van der Waals surface area contributed by atoms with Crippen molar-refractivity contribution in [2.75, 3.05) is 5.43 Å². The smallest absolute Gasteiger partial charge is 0.255 e. The van der Waals surface area contributed by atoms with Crippen LogP contribution < -0.4 is 11.3 Å². The van der Waals surface area contributed by atoms with Gasteiger partial charge in [-0.15, -0.1) is 5.10 Å². The van der Waals surface area contributed by atoms with E-state index in [9.17, 15) is 0 Å². The molecule has 6 nitrogen and oxygen atoms in total. The molecule has 3 rings (SSSR count). The Labute approximate surface area is 126 Å². The van der Waals surface area contributed by atoms with Gasteiger partial charge in [-0.2, -0.15) is 9.50 Å². The number of thioether (sulfide) groups is 1. The molecule has 0 radical (unpaired) electrons. The summed E-state index contributed by atoms with van der Waals surface area (Å²) in [7, 11) is 0. The topological polar surface area (TPSA) is 81.1 Å². The van der Waals surface area contributed by atoms with Crippen molar-refractivity contribution in [1.29, 1.82) is 0 Å². The summed E-state index contributed by atoms with van der Waals surface area (Å²) in [6.07, 6.45) is 0. The van der Waals surface area contributed by atoms with Gasteiger partial charge in [-0.25, -0.2) is 10.8 Å². The molecule has 0 fully saturated rings. The number of fused-ring (bicyclic) bond motifs is 1. The summed E-state index contributed by atoms with van der Waals surface area (Å²) in [5.74, 6) is 7.54. The van der Waals surface area contributed by atoms with Crippen LogP contribution in [0.4, 0.5) is 5.82 Å². The number of rotatable bonds is 4. The minimum absolute atomic E-state index is 0.550. The Morgan fingerprint density at radius 2 is 1.95 bits per heavy atom. The second-order valence-electron chi connectivity index (χ2n) is 4.81. The van der Waals surface area contributed by atoms with Crippen LogP contribution >= 0.6 is 11.8 Å². The fourth-order valence-corrected chi connectivity index (χ4v) is 2.74. The maximum absolute atomic E-state index is 5.50. The van der Waals surface area contributed by atoms with Gasteiger partial charge in [-0.05, 0) is 19.4 Å². The molecule has 0 aliphatic heterocycles. The van der Waals surface area contributed by atoms with E-state index in [1.165, 1.54) is 11.1 Å². The van der Waals surface area contributed by atoms with Crippen LogP contribution in [0.3, 0.4) is 0 Å². The summed E-state index contributed by atoms with van der Waals surface area (Å²) in [5.41, 5.74) is 5.96. The Morgan fingerprint density at radius 3 is 2.67 bits per heavy atom. The minimum Gasteiger partial charge on any atom is -0.308 e. The lowest BCUT2D eigenvalue weighted by Gasteiger charge is -2.02. The third-order valence-corrected chi connectivity index (χ3v) is 3.97. The number of hydrogen-bond acceptors (Lipinski definition) is 6. The van der Waals surface area contributed by atoms with Crippen LogP contribution in [0.2, 0.25) is 0 Å². The Bertz CT molecular complexity index is 765. The zero-order chi connectivity index (χ0) is 14.8. The van der Waals surface area contributed by atoms with Gasteiger partial charge in [-0.3, -0.25) is 0 Å². The molecule has 0 saturated carbocycles. The van der Waals surface area contributed by atoms with Crippen molar-refractivity contribution in [2.45, 2.75) is 24.8 Å². The molecule has 0 unspecified atom stereocenters. The third-order valence-electron chi connectivity index (χ3n) is 3.06. The summed E-state index contributed by atoms with van der Waals surface area (Å²) >= 11 is 1.58. The summed E-state index contributed by atoms with van der Waals surface area (Å²) in [6, 6.07) is 10.3. The zero-order valence-electron chi connectivity index (χ0n) is 11.9. The molecule has 0 amide bonds. The fraction of sp³-hybridized carbons (Fsp3) is 0.214. The molecule has 0 aliphatic rings. The molecule has 0 saturated heterocycles. The number of hydrogen-bond donors (Lipinski definition) is 2. The highest BCUT2D eigenvalue weighted by atomic mass is 32.2. The molecule has 0 bridgehead atoms. The van der Waals surface area contributed by atoms with Crippen LogP contribution in [0, 0.1) is 13.8 Å². The van der Waals surface area contributed by atoms with E-state index in [2.05, 4.69) is 51.7 Å². The molecule has 1 aromatic carbocycles. The monoisotopic (exact) mass is 300 g/mol. The van der Waals surface area contributed by atoms with E-state index in [4.69, 9.17) is 5.84 Å². The number of anilines is 1. The van der Waals surface area contributed by atoms with Crippen molar-refractivity contribution in [1.82, 2.24) is 19.6 Å². The second kappa shape index (κ2) is 5.71. The highest BCUT2D eigenvalue weighted by Gasteiger charge is 2.09. The number of nitrogens with one attached hydrogen (secondary N) is 1. The molecule has 3 aromatic rings. The predicted molar refractivity (Wildman–Crippen MR) is 84.1 cm³/mol. The van der Waals surface area contributed by atoms with Crippen LogP contribution in [0.5, 0.6) is 0 Å². The summed E-state index contributed by atoms with van der Waals surface area (Å²) < 4.78 is 1.62. The Balaban J connectivity index is 1.83. The SMILES string of the molecule is Cc1ccc(CSc2nc3nc(C)cc(NN)n3n2)cc1. The molecule has 7 heteroatoms. The molecule has 2 aromatic heterocycles. The first-order valence-corrected chi connectivity index (χ1v) is 7.53. The molecule has 108 valence electrons. The van der Waals surface area contributed by atoms with Crippen molar-refractivity contribution in [2.24, 2.45) is 5.84 Å². The van der Waals surface area contributed by atoms with Crippen LogP contribution in [0.1, 0.15) is 16.8 Å². The highest BCUT2D eigenvalue weighted by Crippen LogP contribution is 2.21. The van der Waals surface area contributed by atoms with Crippen LogP contribution in [-0.4, -0.2) is 19.6 Å². The maximum Gasteiger partial charge on any atom is 0.255 e. The predicted octanol–water partition coefficient (Wildman–Crippen LogP) is 2.32. The lowest BCUT2D eigenvalue weighted by molar-refractivity contribution is 0.875. The summed E-state index contributed by atoms with van der Waals surface area (Å²) in [4.78, 5) is 8.77. The lowest BCUT2D eigenvalue weighted by Crippen LogP contribution is -2.12. The standard InChI is InChI=1S/C14H16N6S/c1-9-3-5-11(6-4-9)8-21-14-17-13-16-10(2)7-12(18-15)20(13)19-14/h3-7,18H,8,15H2,1-2H3. The van der Waals surface area contributed by atoms with Gasteiger partial charge in [0.1, 0.15) is 5.82 Å². The molecule has 2 heterocycles. The van der Waals surface area contributed by atoms with Gasteiger partial charge < -0.3 is 5.43 Å². The first-order chi connectivity index (χ1) is 10.2. The molecule has 0 atom stereocenters. The normalized spacial score (nSPS) is 11.0. The molecular formula is C14H16N6S. The lowest BCUT2D eigenvalue weighted by atomic mass is 10.2. The van der Waals surface area contributed by atoms with Crippen molar-refractivity contribution < 1.29 is 0 Å². The van der Waals surface area contributed by atoms with Gasteiger partial charge in [-0.1, -0.05) is 41.6 Å². The van der Waals surface area contributed by atoms with E-state index in [0.29, 0.717) is 16.8 Å². The Hall–Kier alpha value is -2.12. The van der Waals surface area contributed by atoms with E-state index in [-0.39, 0.29) is 0 Å². The molecule has 0 aliphatic carbocycles. The second-order valence-corrected chi connectivity index (χ2v) is 5.75. The van der Waals surface area contributed by atoms with Crippen LogP contribution in [-0.2, 0) is 5.75 Å². The Morgan fingerprint density at radius 1 is 1.19 bits per heavy atom. The van der Waals surface area contributed by atoms with Crippen molar-refractivity contribution in [3.05, 3.63) is 47.2 Å². The number of aryl methyl sites for hydroxylation is 2. The van der Waals surface area contributed by atoms with Crippen molar-refractivity contribution >= 4 is 23.4 Å². The molecule has 0 spiro atoms. The zero-order valence-corrected chi connectivity index (χ0v) is 12.7. The number of nitrogens with zero attached hydrogens (tertiary/aromatic N) is 4. The number of nitrogen functional groups attached to an aromatic ring is 1. The quantitative estimate of drug-likeness (QED) is 0.437. The average Bonchev–Trinajstić information content (AvgIpc) is 2.88. The van der Waals surface area contributed by atoms with Gasteiger partial charge in [0.05, 0.1) is 0 Å². The fourth-order valence-electron chi connectivity index (χ4n) is 1.96. The molecular weight excluding hydrogens is 284 g/mol. The van der Waals surface area contributed by atoms with Crippen LogP contribution in [0.15, 0.2) is 35.5 Å². The maximum atomic E-state index is 5.50. The average molecular weight is 300 g/mol. The van der Waals surface area contributed by atoms with E-state index >= 15 is 0 Å². The summed E-state index contributed by atoms with van der Waals surface area (Å²) in [6.45, 7) is 3.98. The molecule has 3 N–H and O–H groups in total. The molecule has 21 heavy (non-hydrogen) atoms. The number of benzene rings is 1. The first kappa shape index (κ1) is 13.8. The van der Waals surface area contributed by atoms with Gasteiger partial charge in [0.15, 0.2) is 0 Å². The van der Waals surface area contributed by atoms with Gasteiger partial charge >= 0.3 is 0 Å². The summed E-state index contributed by atoms with van der Waals surface area (Å²) in [5, 5.41) is 5.11.